The highest BCUT2D eigenvalue weighted by Crippen LogP contribution is 2.21. The van der Waals surface area contributed by atoms with Gasteiger partial charge in [0, 0.05) is 14.2 Å². The molecule has 0 aliphatic carbocycles. The molecule has 100 valence electrons. The van der Waals surface area contributed by atoms with E-state index in [2.05, 4.69) is 0 Å². The molecule has 0 aliphatic rings. The van der Waals surface area contributed by atoms with Crippen LogP contribution in [0.1, 0.15) is 31.7 Å². The highest BCUT2D eigenvalue weighted by atomic mass is 16.7. The van der Waals surface area contributed by atoms with Crippen LogP contribution in [0.3, 0.4) is 0 Å². The number of hydrogen-bond donors (Lipinski definition) is 0. The summed E-state index contributed by atoms with van der Waals surface area (Å²) in [4.78, 5) is 2.04. The predicted molar refractivity (Wildman–Crippen MR) is 70.6 cm³/mol. The summed E-state index contributed by atoms with van der Waals surface area (Å²) in [6.07, 6.45) is 7.50. The lowest BCUT2D eigenvalue weighted by molar-refractivity contribution is -0.118. The molecule has 0 bridgehead atoms. The first-order valence-electron chi connectivity index (χ1n) is 5.90. The van der Waals surface area contributed by atoms with Crippen LogP contribution in [0.4, 0.5) is 0 Å². The third-order valence-corrected chi connectivity index (χ3v) is 2.36. The number of nitrogens with zero attached hydrogens (tertiary/aromatic N) is 1. The molecule has 0 aliphatic heterocycles. The molecule has 1 aromatic rings. The largest absolute Gasteiger partial charge is 0.459 e. The summed E-state index contributed by atoms with van der Waals surface area (Å²) in [6.45, 7) is 4.64. The minimum absolute atomic E-state index is 0.448. The standard InChI is InChI=1S/C14H21NO3/c1-5-9-15(10-6-2)11-12-7-8-13(18-12)14(16-3)17-4/h5-10,14H,11H2,1-4H3. The Kier molecular flexibility index (Phi) is 6.25. The molecule has 4 nitrogen and oxygen atoms in total. The number of ether oxygens (including phenoxy) is 2. The van der Waals surface area contributed by atoms with Gasteiger partial charge >= 0.3 is 0 Å². The van der Waals surface area contributed by atoms with Crippen molar-refractivity contribution in [2.24, 2.45) is 0 Å². The first kappa shape index (κ1) is 14.5. The van der Waals surface area contributed by atoms with Crippen molar-refractivity contribution >= 4 is 0 Å². The van der Waals surface area contributed by atoms with Gasteiger partial charge in [0.25, 0.3) is 0 Å². The van der Waals surface area contributed by atoms with Crippen molar-refractivity contribution in [3.05, 3.63) is 48.2 Å². The number of furan rings is 1. The molecule has 1 aromatic heterocycles. The van der Waals surface area contributed by atoms with Gasteiger partial charge in [0.2, 0.25) is 6.29 Å². The molecule has 0 aromatic carbocycles. The molecule has 0 amide bonds. The summed E-state index contributed by atoms with van der Waals surface area (Å²) >= 11 is 0. The van der Waals surface area contributed by atoms with Crippen molar-refractivity contribution in [2.75, 3.05) is 14.2 Å². The molecule has 18 heavy (non-hydrogen) atoms. The average molecular weight is 251 g/mol. The lowest BCUT2D eigenvalue weighted by atomic mass is 10.4. The summed E-state index contributed by atoms with van der Waals surface area (Å²) in [5.41, 5.74) is 0. The molecule has 0 atom stereocenters. The molecule has 0 saturated heterocycles. The lowest BCUT2D eigenvalue weighted by Crippen LogP contribution is -2.08. The van der Waals surface area contributed by atoms with Gasteiger partial charge in [-0.1, -0.05) is 12.2 Å². The van der Waals surface area contributed by atoms with Crippen LogP contribution in [0.25, 0.3) is 0 Å². The maximum atomic E-state index is 5.69. The summed E-state index contributed by atoms with van der Waals surface area (Å²) in [6, 6.07) is 3.80. The monoisotopic (exact) mass is 251 g/mol. The van der Waals surface area contributed by atoms with E-state index < -0.39 is 6.29 Å². The zero-order valence-corrected chi connectivity index (χ0v) is 11.4. The van der Waals surface area contributed by atoms with Crippen LogP contribution in [-0.4, -0.2) is 19.1 Å². The maximum absolute atomic E-state index is 5.69. The van der Waals surface area contributed by atoms with Crippen LogP contribution in [0.5, 0.6) is 0 Å². The van der Waals surface area contributed by atoms with E-state index in [0.29, 0.717) is 12.3 Å². The molecule has 0 saturated carbocycles. The first-order chi connectivity index (χ1) is 8.74. The molecule has 0 radical (unpaired) electrons. The van der Waals surface area contributed by atoms with Crippen LogP contribution >= 0.6 is 0 Å². The number of hydrogen-bond acceptors (Lipinski definition) is 4. The molecule has 1 heterocycles. The fourth-order valence-corrected chi connectivity index (χ4v) is 1.65. The fourth-order valence-electron chi connectivity index (χ4n) is 1.65. The second-order valence-corrected chi connectivity index (χ2v) is 3.74. The van der Waals surface area contributed by atoms with E-state index in [-0.39, 0.29) is 0 Å². The van der Waals surface area contributed by atoms with Crippen LogP contribution in [0.2, 0.25) is 0 Å². The summed E-state index contributed by atoms with van der Waals surface area (Å²) in [7, 11) is 3.17. The van der Waals surface area contributed by atoms with Crippen LogP contribution in [0.15, 0.2) is 41.1 Å². The third-order valence-electron chi connectivity index (χ3n) is 2.36. The average Bonchev–Trinajstić information content (AvgIpc) is 2.80. The molecule has 0 N–H and O–H groups in total. The van der Waals surface area contributed by atoms with E-state index >= 15 is 0 Å². The van der Waals surface area contributed by atoms with E-state index in [9.17, 15) is 0 Å². The van der Waals surface area contributed by atoms with Gasteiger partial charge in [-0.25, -0.2) is 0 Å². The molecular formula is C14H21NO3. The van der Waals surface area contributed by atoms with Crippen LogP contribution in [0, 0.1) is 0 Å². The lowest BCUT2D eigenvalue weighted by Gasteiger charge is -2.13. The SMILES string of the molecule is CC=CN(C=CC)Cc1ccc(C(OC)OC)o1. The van der Waals surface area contributed by atoms with Gasteiger partial charge in [-0.05, 0) is 38.4 Å². The number of allylic oxidation sites excluding steroid dienone is 2. The Hall–Kier alpha value is -1.52. The van der Waals surface area contributed by atoms with Gasteiger partial charge in [0.15, 0.2) is 5.76 Å². The van der Waals surface area contributed by atoms with Crippen molar-refractivity contribution in [2.45, 2.75) is 26.7 Å². The van der Waals surface area contributed by atoms with E-state index in [1.807, 2.05) is 55.4 Å². The summed E-state index contributed by atoms with van der Waals surface area (Å²) < 4.78 is 16.0. The molecular weight excluding hydrogens is 230 g/mol. The molecule has 4 heteroatoms. The molecule has 1 rings (SSSR count). The number of rotatable bonds is 7. The van der Waals surface area contributed by atoms with E-state index in [4.69, 9.17) is 13.9 Å². The minimum atomic E-state index is -0.448. The molecule has 0 unspecified atom stereocenters. The van der Waals surface area contributed by atoms with Crippen molar-refractivity contribution in [1.29, 1.82) is 0 Å². The molecule has 0 spiro atoms. The quantitative estimate of drug-likeness (QED) is 0.695. The second kappa shape index (κ2) is 7.74. The van der Waals surface area contributed by atoms with E-state index in [1.165, 1.54) is 0 Å². The summed E-state index contributed by atoms with van der Waals surface area (Å²) in [5, 5.41) is 0. The maximum Gasteiger partial charge on any atom is 0.216 e. The number of methoxy groups -OCH3 is 2. The predicted octanol–water partition coefficient (Wildman–Crippen LogP) is 3.44. The topological polar surface area (TPSA) is 34.8 Å². The van der Waals surface area contributed by atoms with Gasteiger partial charge in [-0.2, -0.15) is 0 Å². The smallest absolute Gasteiger partial charge is 0.216 e. The Balaban J connectivity index is 2.73. The van der Waals surface area contributed by atoms with Crippen molar-refractivity contribution in [1.82, 2.24) is 4.90 Å². The van der Waals surface area contributed by atoms with Crippen molar-refractivity contribution < 1.29 is 13.9 Å². The second-order valence-electron chi connectivity index (χ2n) is 3.74. The van der Waals surface area contributed by atoms with E-state index in [0.717, 1.165) is 5.76 Å². The fraction of sp³-hybridized carbons (Fsp3) is 0.429. The Morgan fingerprint density at radius 3 is 2.28 bits per heavy atom. The van der Waals surface area contributed by atoms with Crippen LogP contribution in [-0.2, 0) is 16.0 Å². The van der Waals surface area contributed by atoms with Crippen molar-refractivity contribution in [3.8, 4) is 0 Å². The Bertz CT molecular complexity index is 379. The first-order valence-corrected chi connectivity index (χ1v) is 5.90. The minimum Gasteiger partial charge on any atom is -0.459 e. The highest BCUT2D eigenvalue weighted by Gasteiger charge is 2.14. The van der Waals surface area contributed by atoms with Gasteiger partial charge in [0.05, 0.1) is 6.54 Å². The van der Waals surface area contributed by atoms with Gasteiger partial charge < -0.3 is 18.8 Å². The van der Waals surface area contributed by atoms with Gasteiger partial charge in [-0.3, -0.25) is 0 Å². The highest BCUT2D eigenvalue weighted by molar-refractivity contribution is 5.09. The third kappa shape index (κ3) is 4.05. The van der Waals surface area contributed by atoms with Gasteiger partial charge in [0.1, 0.15) is 5.76 Å². The normalized spacial score (nSPS) is 12.1. The van der Waals surface area contributed by atoms with E-state index in [1.54, 1.807) is 14.2 Å². The Morgan fingerprint density at radius 2 is 1.78 bits per heavy atom. The zero-order valence-electron chi connectivity index (χ0n) is 11.4. The van der Waals surface area contributed by atoms with Crippen molar-refractivity contribution in [3.63, 3.8) is 0 Å². The molecule has 0 fully saturated rings. The van der Waals surface area contributed by atoms with Crippen LogP contribution < -0.4 is 0 Å². The summed E-state index contributed by atoms with van der Waals surface area (Å²) in [5.74, 6) is 1.54. The Labute approximate surface area is 108 Å². The van der Waals surface area contributed by atoms with Gasteiger partial charge in [-0.15, -0.1) is 0 Å². The Morgan fingerprint density at radius 1 is 1.17 bits per heavy atom. The zero-order chi connectivity index (χ0) is 13.4.